The van der Waals surface area contributed by atoms with Crippen molar-refractivity contribution in [1.29, 1.82) is 0 Å². The lowest BCUT2D eigenvalue weighted by Gasteiger charge is -2.20. The molecule has 0 amide bonds. The Kier molecular flexibility index (Phi) is 9.88. The first-order chi connectivity index (χ1) is 18.8. The normalized spacial score (nSPS) is 12.7. The number of fused-ring (bicyclic) bond motifs is 1. The zero-order valence-corrected chi connectivity index (χ0v) is 21.4. The lowest BCUT2D eigenvalue weighted by atomic mass is 10.00. The molecule has 6 nitrogen and oxygen atoms in total. The fourth-order valence-corrected chi connectivity index (χ4v) is 3.78. The maximum absolute atomic E-state index is 13.3. The zero-order chi connectivity index (χ0) is 29.5. The third-order valence-corrected chi connectivity index (χ3v) is 5.85. The molecule has 0 aliphatic rings. The monoisotopic (exact) mass is 572 g/mol. The fourth-order valence-electron chi connectivity index (χ4n) is 3.78. The van der Waals surface area contributed by atoms with Gasteiger partial charge in [0.05, 0.1) is 5.56 Å². The third kappa shape index (κ3) is 8.52. The van der Waals surface area contributed by atoms with Crippen LogP contribution >= 0.6 is 0 Å². The molecule has 0 fully saturated rings. The minimum Gasteiger partial charge on any atom is -0.493 e. The van der Waals surface area contributed by atoms with Crippen molar-refractivity contribution in [1.82, 2.24) is 0 Å². The van der Waals surface area contributed by atoms with E-state index in [9.17, 15) is 35.9 Å². The number of halogens is 6. The Morgan fingerprint density at radius 2 is 1.75 bits per heavy atom. The second kappa shape index (κ2) is 12.9. The van der Waals surface area contributed by atoms with Crippen LogP contribution in [0, 0.1) is 5.92 Å². The van der Waals surface area contributed by atoms with Gasteiger partial charge in [-0.3, -0.25) is 0 Å². The predicted molar refractivity (Wildman–Crippen MR) is 134 cm³/mol. The molecular weight excluding hydrogens is 546 g/mol. The van der Waals surface area contributed by atoms with E-state index in [0.29, 0.717) is 12.0 Å². The molecule has 1 atom stereocenters. The van der Waals surface area contributed by atoms with Gasteiger partial charge < -0.3 is 18.6 Å². The van der Waals surface area contributed by atoms with Crippen molar-refractivity contribution in [2.75, 3.05) is 13.2 Å². The first kappa shape index (κ1) is 30.6. The average Bonchev–Trinajstić information content (AvgIpc) is 2.86. The fraction of sp³-hybridized carbons (Fsp3) is 0.357. The third-order valence-electron chi connectivity index (χ3n) is 5.85. The van der Waals surface area contributed by atoms with Gasteiger partial charge in [0.2, 0.25) is 0 Å². The molecule has 1 unspecified atom stereocenters. The molecule has 216 valence electrons. The Labute approximate surface area is 225 Å². The van der Waals surface area contributed by atoms with Gasteiger partial charge in [-0.1, -0.05) is 38.5 Å². The predicted octanol–water partition coefficient (Wildman–Crippen LogP) is 7.38. The first-order valence-corrected chi connectivity index (χ1v) is 12.3. The number of benzene rings is 2. The van der Waals surface area contributed by atoms with Gasteiger partial charge in [-0.25, -0.2) is 9.59 Å². The lowest BCUT2D eigenvalue weighted by Crippen LogP contribution is -2.33. The second-order valence-electron chi connectivity index (χ2n) is 8.87. The molecule has 2 aromatic carbocycles. The van der Waals surface area contributed by atoms with Crippen molar-refractivity contribution in [2.24, 2.45) is 5.92 Å². The van der Waals surface area contributed by atoms with Crippen LogP contribution in [-0.4, -0.2) is 31.7 Å². The van der Waals surface area contributed by atoms with E-state index in [1.807, 2.05) is 6.92 Å². The van der Waals surface area contributed by atoms with Gasteiger partial charge in [0, 0.05) is 23.1 Å². The van der Waals surface area contributed by atoms with Gasteiger partial charge in [0.1, 0.15) is 36.2 Å². The number of alkyl halides is 6. The van der Waals surface area contributed by atoms with Crippen molar-refractivity contribution in [3.63, 3.8) is 0 Å². The molecule has 0 bridgehead atoms. The second-order valence-corrected chi connectivity index (χ2v) is 8.87. The molecule has 3 rings (SSSR count). The number of hydrogen-bond donors (Lipinski definition) is 0. The van der Waals surface area contributed by atoms with E-state index in [0.717, 1.165) is 25.3 Å². The highest BCUT2D eigenvalue weighted by Crippen LogP contribution is 2.35. The molecular formula is C28H26F6O6. The zero-order valence-electron chi connectivity index (χ0n) is 21.4. The maximum Gasteiger partial charge on any atom is 0.573 e. The van der Waals surface area contributed by atoms with Crippen molar-refractivity contribution in [3.05, 3.63) is 71.1 Å². The molecule has 40 heavy (non-hydrogen) atoms. The number of carbonyl (C=O) groups excluding carboxylic acids is 1. The Balaban J connectivity index is 1.88. The van der Waals surface area contributed by atoms with Gasteiger partial charge in [-0.2, -0.15) is 13.2 Å². The maximum atomic E-state index is 13.3. The molecule has 0 aliphatic carbocycles. The Bertz CT molecular complexity index is 1390. The molecule has 0 radical (unpaired) electrons. The van der Waals surface area contributed by atoms with Gasteiger partial charge in [0.15, 0.2) is 0 Å². The van der Waals surface area contributed by atoms with E-state index in [-0.39, 0.29) is 27.8 Å². The summed E-state index contributed by atoms with van der Waals surface area (Å²) in [6.07, 6.45) is -5.87. The van der Waals surface area contributed by atoms with Crippen LogP contribution in [-0.2, 0) is 16.0 Å². The highest BCUT2D eigenvalue weighted by atomic mass is 19.4. The van der Waals surface area contributed by atoms with E-state index in [1.165, 1.54) is 36.4 Å². The van der Waals surface area contributed by atoms with E-state index < -0.39 is 49.0 Å². The molecule has 1 heterocycles. The first-order valence-electron chi connectivity index (χ1n) is 12.3. The van der Waals surface area contributed by atoms with Gasteiger partial charge >= 0.3 is 24.1 Å². The molecule has 0 N–H and O–H groups in total. The molecule has 0 aliphatic heterocycles. The summed E-state index contributed by atoms with van der Waals surface area (Å²) < 4.78 is 98.5. The summed E-state index contributed by atoms with van der Waals surface area (Å²) in [4.78, 5) is 23.9. The van der Waals surface area contributed by atoms with Crippen LogP contribution in [0.1, 0.15) is 31.7 Å². The Morgan fingerprint density at radius 3 is 2.40 bits per heavy atom. The number of hydrogen-bond acceptors (Lipinski definition) is 6. The molecule has 0 saturated carbocycles. The smallest absolute Gasteiger partial charge is 0.493 e. The Morgan fingerprint density at radius 1 is 1.00 bits per heavy atom. The molecule has 0 spiro atoms. The quantitative estimate of drug-likeness (QED) is 0.0742. The molecule has 0 saturated heterocycles. The van der Waals surface area contributed by atoms with Crippen LogP contribution in [0.4, 0.5) is 26.3 Å². The van der Waals surface area contributed by atoms with Crippen LogP contribution in [0.15, 0.2) is 64.3 Å². The van der Waals surface area contributed by atoms with E-state index >= 15 is 0 Å². The Hall–Kier alpha value is -3.96. The number of carbonyl (C=O) groups is 1. The standard InChI is InChI=1S/C28H26F6O6/c1-3-5-6-7-17-8-11-21(24(12-17)40-28(32,33)34)22-13-18-9-10-20(14-23(18)39-26(22)36)37-15-19(27(29,30)31)16-38-25(35)4-2/h4,8-14,19H,2-3,5-7,15-16H2,1H3. The van der Waals surface area contributed by atoms with Crippen LogP contribution < -0.4 is 15.1 Å². The van der Waals surface area contributed by atoms with Gasteiger partial charge in [-0.05, 0) is 42.7 Å². The van der Waals surface area contributed by atoms with Crippen LogP contribution in [0.5, 0.6) is 11.5 Å². The molecule has 12 heteroatoms. The van der Waals surface area contributed by atoms with E-state index in [1.54, 1.807) is 6.07 Å². The minimum atomic E-state index is -5.00. The number of ether oxygens (including phenoxy) is 3. The van der Waals surface area contributed by atoms with Crippen molar-refractivity contribution in [2.45, 2.75) is 45.1 Å². The highest BCUT2D eigenvalue weighted by Gasteiger charge is 2.41. The molecule has 1 aromatic heterocycles. The number of esters is 1. The summed E-state index contributed by atoms with van der Waals surface area (Å²) in [5, 5.41) is 0.277. The number of rotatable bonds is 12. The summed E-state index contributed by atoms with van der Waals surface area (Å²) >= 11 is 0. The van der Waals surface area contributed by atoms with Crippen LogP contribution in [0.25, 0.3) is 22.1 Å². The molecule has 3 aromatic rings. The van der Waals surface area contributed by atoms with Crippen LogP contribution in [0.3, 0.4) is 0 Å². The highest BCUT2D eigenvalue weighted by molar-refractivity contribution is 5.84. The summed E-state index contributed by atoms with van der Waals surface area (Å²) in [6, 6.07) is 9.36. The van der Waals surface area contributed by atoms with E-state index in [2.05, 4.69) is 16.1 Å². The topological polar surface area (TPSA) is 75.0 Å². The minimum absolute atomic E-state index is 0.0673. The summed E-state index contributed by atoms with van der Waals surface area (Å²) in [5.74, 6) is -3.79. The van der Waals surface area contributed by atoms with Crippen molar-refractivity contribution >= 4 is 16.9 Å². The SMILES string of the molecule is C=CC(=O)OCC(COc1ccc2cc(-c3ccc(CCCCC)cc3OC(F)(F)F)c(=O)oc2c1)C(F)(F)F. The van der Waals surface area contributed by atoms with Gasteiger partial charge in [0.25, 0.3) is 0 Å². The van der Waals surface area contributed by atoms with E-state index in [4.69, 9.17) is 9.15 Å². The van der Waals surface area contributed by atoms with Gasteiger partial charge in [-0.15, -0.1) is 13.2 Å². The lowest BCUT2D eigenvalue weighted by molar-refractivity contribution is -0.274. The van der Waals surface area contributed by atoms with Crippen LogP contribution in [0.2, 0.25) is 0 Å². The number of aryl methyl sites for hydroxylation is 1. The average molecular weight is 572 g/mol. The largest absolute Gasteiger partial charge is 0.573 e. The summed E-state index contributed by atoms with van der Waals surface area (Å²) in [5.41, 5.74) is -0.765. The summed E-state index contributed by atoms with van der Waals surface area (Å²) in [7, 11) is 0. The summed E-state index contributed by atoms with van der Waals surface area (Å²) in [6.45, 7) is 3.23. The van der Waals surface area contributed by atoms with Crippen molar-refractivity contribution < 1.29 is 49.8 Å². The van der Waals surface area contributed by atoms with Crippen molar-refractivity contribution in [3.8, 4) is 22.6 Å². The number of unbranched alkanes of at least 4 members (excludes halogenated alkanes) is 2.